The van der Waals surface area contributed by atoms with Gasteiger partial charge in [0.25, 0.3) is 5.89 Å². The van der Waals surface area contributed by atoms with Crippen LogP contribution in [0.3, 0.4) is 0 Å². The van der Waals surface area contributed by atoms with E-state index in [-0.39, 0.29) is 12.4 Å². The smallest absolute Gasteiger partial charge is 0.437 e. The van der Waals surface area contributed by atoms with E-state index in [4.69, 9.17) is 9.15 Å². The molecule has 1 N–H and O–H groups in total. The van der Waals surface area contributed by atoms with E-state index in [0.29, 0.717) is 21.4 Å². The number of hydrogen-bond acceptors (Lipinski definition) is 8. The highest BCUT2D eigenvalue weighted by Gasteiger charge is 2.29. The fourth-order valence-electron chi connectivity index (χ4n) is 3.37. The van der Waals surface area contributed by atoms with E-state index in [1.165, 1.54) is 29.8 Å². The van der Waals surface area contributed by atoms with Crippen molar-refractivity contribution in [2.45, 2.75) is 32.7 Å². The first-order valence-electron chi connectivity index (χ1n) is 9.10. The van der Waals surface area contributed by atoms with Gasteiger partial charge in [-0.3, -0.25) is 4.79 Å². The minimum Gasteiger partial charge on any atom is -0.465 e. The van der Waals surface area contributed by atoms with Gasteiger partial charge >= 0.3 is 11.7 Å². The van der Waals surface area contributed by atoms with Gasteiger partial charge in [0, 0.05) is 4.88 Å². The standard InChI is InChI=1S/C19H19N3O5S2/c1-10-5-6-11-13(8-10)29-17(15(11)18(24)26-2)20-14(23)9-22-19(25)27-16(21-22)12-4-3-7-28-12/h3-4,7,10H,5-6,8-9H2,1-2H3,(H,20,23). The number of esters is 1. The molecule has 8 nitrogen and oxygen atoms in total. The summed E-state index contributed by atoms with van der Waals surface area (Å²) in [5.41, 5.74) is 1.37. The molecule has 3 aromatic rings. The van der Waals surface area contributed by atoms with Crippen molar-refractivity contribution >= 4 is 39.6 Å². The number of aromatic nitrogens is 2. The number of methoxy groups -OCH3 is 1. The molecule has 1 amide bonds. The van der Waals surface area contributed by atoms with Crippen LogP contribution in [-0.4, -0.2) is 28.8 Å². The van der Waals surface area contributed by atoms with Crippen molar-refractivity contribution in [3.8, 4) is 10.8 Å². The second-order valence-corrected chi connectivity index (χ2v) is 8.96. The van der Waals surface area contributed by atoms with Crippen LogP contribution < -0.4 is 11.1 Å². The molecule has 0 spiro atoms. The third kappa shape index (κ3) is 3.90. The number of nitrogens with one attached hydrogen (secondary N) is 1. The fourth-order valence-corrected chi connectivity index (χ4v) is 5.42. The number of thiophene rings is 2. The van der Waals surface area contributed by atoms with E-state index >= 15 is 0 Å². The Labute approximate surface area is 174 Å². The van der Waals surface area contributed by atoms with Gasteiger partial charge in [-0.1, -0.05) is 13.0 Å². The number of nitrogens with zero attached hydrogens (tertiary/aromatic N) is 2. The van der Waals surface area contributed by atoms with Gasteiger partial charge < -0.3 is 14.5 Å². The lowest BCUT2D eigenvalue weighted by Crippen LogP contribution is -2.26. The van der Waals surface area contributed by atoms with Crippen molar-refractivity contribution in [1.82, 2.24) is 9.78 Å². The van der Waals surface area contributed by atoms with Crippen molar-refractivity contribution in [3.63, 3.8) is 0 Å². The number of anilines is 1. The maximum absolute atomic E-state index is 12.6. The van der Waals surface area contributed by atoms with Crippen LogP contribution in [0.5, 0.6) is 0 Å². The number of fused-ring (bicyclic) bond motifs is 1. The summed E-state index contributed by atoms with van der Waals surface area (Å²) in [7, 11) is 1.32. The van der Waals surface area contributed by atoms with E-state index < -0.39 is 17.6 Å². The predicted octanol–water partition coefficient (Wildman–Crippen LogP) is 3.18. The molecule has 0 saturated heterocycles. The van der Waals surface area contributed by atoms with Crippen LogP contribution in [0.15, 0.2) is 26.7 Å². The Hall–Kier alpha value is -2.72. The fraction of sp³-hybridized carbons (Fsp3) is 0.368. The Morgan fingerprint density at radius 2 is 2.28 bits per heavy atom. The monoisotopic (exact) mass is 433 g/mol. The molecule has 0 aliphatic heterocycles. The number of ether oxygens (including phenoxy) is 1. The molecule has 0 saturated carbocycles. The van der Waals surface area contributed by atoms with Gasteiger partial charge in [-0.2, -0.15) is 4.68 Å². The SMILES string of the molecule is COC(=O)c1c(NC(=O)Cn2nc(-c3cccs3)oc2=O)sc2c1CCC(C)C2. The van der Waals surface area contributed by atoms with Crippen molar-refractivity contribution in [1.29, 1.82) is 0 Å². The van der Waals surface area contributed by atoms with Crippen LogP contribution in [0.2, 0.25) is 0 Å². The van der Waals surface area contributed by atoms with Gasteiger partial charge in [0.2, 0.25) is 5.91 Å². The van der Waals surface area contributed by atoms with Gasteiger partial charge in [0.15, 0.2) is 0 Å². The molecule has 1 unspecified atom stereocenters. The van der Waals surface area contributed by atoms with Crippen LogP contribution in [-0.2, 0) is 28.9 Å². The Bertz CT molecular complexity index is 1110. The molecule has 152 valence electrons. The number of hydrogen-bond donors (Lipinski definition) is 1. The van der Waals surface area contributed by atoms with E-state index in [9.17, 15) is 14.4 Å². The molecule has 1 aliphatic carbocycles. The van der Waals surface area contributed by atoms with Crippen molar-refractivity contribution in [3.05, 3.63) is 44.1 Å². The first-order valence-corrected chi connectivity index (χ1v) is 10.8. The lowest BCUT2D eigenvalue weighted by atomic mass is 9.88. The van der Waals surface area contributed by atoms with Gasteiger partial charge in [0.05, 0.1) is 17.6 Å². The molecule has 0 aromatic carbocycles. The first-order chi connectivity index (χ1) is 14.0. The van der Waals surface area contributed by atoms with Gasteiger partial charge in [-0.25, -0.2) is 9.59 Å². The summed E-state index contributed by atoms with van der Waals surface area (Å²) in [6.45, 7) is 1.86. The van der Waals surface area contributed by atoms with Crippen molar-refractivity contribution in [2.75, 3.05) is 12.4 Å². The van der Waals surface area contributed by atoms with Gasteiger partial charge in [0.1, 0.15) is 11.5 Å². The first kappa shape index (κ1) is 19.6. The van der Waals surface area contributed by atoms with Gasteiger partial charge in [-0.15, -0.1) is 27.8 Å². The summed E-state index contributed by atoms with van der Waals surface area (Å²) in [5.74, 6) is -0.940. The lowest BCUT2D eigenvalue weighted by molar-refractivity contribution is -0.117. The van der Waals surface area contributed by atoms with Crippen LogP contribution in [0.4, 0.5) is 5.00 Å². The number of rotatable bonds is 5. The van der Waals surface area contributed by atoms with E-state index in [2.05, 4.69) is 17.3 Å². The third-order valence-electron chi connectivity index (χ3n) is 4.79. The predicted molar refractivity (Wildman–Crippen MR) is 110 cm³/mol. The average molecular weight is 434 g/mol. The summed E-state index contributed by atoms with van der Waals surface area (Å²) in [4.78, 5) is 38.7. The molecular formula is C19H19N3O5S2. The maximum atomic E-state index is 12.6. The molecule has 1 atom stereocenters. The Kier molecular flexibility index (Phi) is 5.37. The highest BCUT2D eigenvalue weighted by atomic mass is 32.1. The van der Waals surface area contributed by atoms with Crippen molar-refractivity contribution < 1.29 is 18.7 Å². The topological polar surface area (TPSA) is 103 Å². The van der Waals surface area contributed by atoms with Crippen molar-refractivity contribution in [2.24, 2.45) is 5.92 Å². The largest absolute Gasteiger partial charge is 0.465 e. The Morgan fingerprint density at radius 1 is 1.45 bits per heavy atom. The molecule has 3 aromatic heterocycles. The molecule has 4 rings (SSSR count). The second kappa shape index (κ2) is 7.96. The zero-order chi connectivity index (χ0) is 20.5. The third-order valence-corrected chi connectivity index (χ3v) is 6.81. The Balaban J connectivity index is 1.56. The van der Waals surface area contributed by atoms with Crippen LogP contribution in [0, 0.1) is 5.92 Å². The maximum Gasteiger partial charge on any atom is 0.437 e. The molecule has 29 heavy (non-hydrogen) atoms. The zero-order valence-corrected chi connectivity index (χ0v) is 17.5. The summed E-state index contributed by atoms with van der Waals surface area (Å²) >= 11 is 2.78. The zero-order valence-electron chi connectivity index (χ0n) is 15.9. The quantitative estimate of drug-likeness (QED) is 0.620. The highest BCUT2D eigenvalue weighted by molar-refractivity contribution is 7.17. The normalized spacial score (nSPS) is 15.7. The minimum absolute atomic E-state index is 0.175. The molecule has 10 heteroatoms. The van der Waals surface area contributed by atoms with Gasteiger partial charge in [-0.05, 0) is 42.2 Å². The molecule has 1 aliphatic rings. The number of amides is 1. The van der Waals surface area contributed by atoms with E-state index in [1.54, 1.807) is 6.07 Å². The summed E-state index contributed by atoms with van der Waals surface area (Å²) in [6.07, 6.45) is 2.63. The van der Waals surface area contributed by atoms with Crippen LogP contribution in [0.1, 0.15) is 34.1 Å². The highest BCUT2D eigenvalue weighted by Crippen LogP contribution is 2.40. The summed E-state index contributed by atoms with van der Waals surface area (Å²) < 4.78 is 11.0. The Morgan fingerprint density at radius 3 is 3.00 bits per heavy atom. The summed E-state index contributed by atoms with van der Waals surface area (Å²) in [6, 6.07) is 3.60. The van der Waals surface area contributed by atoms with E-state index in [1.807, 2.05) is 11.4 Å². The minimum atomic E-state index is -0.712. The van der Waals surface area contributed by atoms with Crippen LogP contribution >= 0.6 is 22.7 Å². The van der Waals surface area contributed by atoms with E-state index in [0.717, 1.165) is 34.4 Å². The molecule has 0 bridgehead atoms. The second-order valence-electron chi connectivity index (χ2n) is 6.90. The lowest BCUT2D eigenvalue weighted by Gasteiger charge is -2.18. The molecule has 0 radical (unpaired) electrons. The number of carbonyl (C=O) groups is 2. The number of carbonyl (C=O) groups excluding carboxylic acids is 2. The molecule has 3 heterocycles. The molecular weight excluding hydrogens is 414 g/mol. The average Bonchev–Trinajstić information content (AvgIpc) is 3.40. The van der Waals surface area contributed by atoms with Crippen LogP contribution in [0.25, 0.3) is 10.8 Å². The summed E-state index contributed by atoms with van der Waals surface area (Å²) in [5, 5.41) is 9.14. The molecule has 0 fully saturated rings.